The molecule has 2 aromatic carbocycles. The van der Waals surface area contributed by atoms with Crippen molar-refractivity contribution in [1.82, 2.24) is 10.0 Å². The molecule has 0 heterocycles. The standard InChI is InChI=1S/C19H23FN2O3S/c1-14(2)16-5-9-18(10-6-16)26(24,25)22-13-19(23)21-12-11-15-3-7-17(20)8-4-15/h3-10,14,22H,11-13H2,1-2H3,(H,21,23). The summed E-state index contributed by atoms with van der Waals surface area (Å²) in [6, 6.07) is 12.6. The van der Waals surface area contributed by atoms with E-state index in [9.17, 15) is 17.6 Å². The number of rotatable bonds is 8. The second kappa shape index (κ2) is 8.91. The first kappa shape index (κ1) is 20.1. The Kier molecular flexibility index (Phi) is 6.88. The second-order valence-corrected chi connectivity index (χ2v) is 8.04. The number of nitrogens with one attached hydrogen (secondary N) is 2. The molecule has 0 aliphatic rings. The SMILES string of the molecule is CC(C)c1ccc(S(=O)(=O)NCC(=O)NCCc2ccc(F)cc2)cc1. The van der Waals surface area contributed by atoms with E-state index in [0.717, 1.165) is 11.1 Å². The minimum Gasteiger partial charge on any atom is -0.355 e. The molecule has 0 aliphatic heterocycles. The van der Waals surface area contributed by atoms with Crippen molar-refractivity contribution in [2.75, 3.05) is 13.1 Å². The number of carbonyl (C=O) groups is 1. The van der Waals surface area contributed by atoms with Gasteiger partial charge in [-0.3, -0.25) is 4.79 Å². The van der Waals surface area contributed by atoms with Gasteiger partial charge in [-0.2, -0.15) is 0 Å². The molecule has 0 saturated carbocycles. The van der Waals surface area contributed by atoms with Gasteiger partial charge >= 0.3 is 0 Å². The highest BCUT2D eigenvalue weighted by Crippen LogP contribution is 2.17. The van der Waals surface area contributed by atoms with Crippen LogP contribution >= 0.6 is 0 Å². The van der Waals surface area contributed by atoms with Crippen molar-refractivity contribution >= 4 is 15.9 Å². The number of sulfonamides is 1. The van der Waals surface area contributed by atoms with Crippen LogP contribution in [0.1, 0.15) is 30.9 Å². The minimum absolute atomic E-state index is 0.126. The van der Waals surface area contributed by atoms with Crippen molar-refractivity contribution in [2.24, 2.45) is 0 Å². The van der Waals surface area contributed by atoms with Gasteiger partial charge in [0.05, 0.1) is 11.4 Å². The Morgan fingerprint density at radius 1 is 1.04 bits per heavy atom. The smallest absolute Gasteiger partial charge is 0.241 e. The summed E-state index contributed by atoms with van der Waals surface area (Å²) in [4.78, 5) is 11.9. The highest BCUT2D eigenvalue weighted by Gasteiger charge is 2.15. The fraction of sp³-hybridized carbons (Fsp3) is 0.316. The van der Waals surface area contributed by atoms with Crippen LogP contribution in [-0.2, 0) is 21.2 Å². The normalized spacial score (nSPS) is 11.5. The number of benzene rings is 2. The molecule has 2 rings (SSSR count). The van der Waals surface area contributed by atoms with E-state index >= 15 is 0 Å². The first-order chi connectivity index (χ1) is 12.3. The van der Waals surface area contributed by atoms with E-state index < -0.39 is 15.9 Å². The van der Waals surface area contributed by atoms with Gasteiger partial charge in [-0.25, -0.2) is 17.5 Å². The average molecular weight is 378 g/mol. The van der Waals surface area contributed by atoms with Crippen LogP contribution in [0.5, 0.6) is 0 Å². The topological polar surface area (TPSA) is 75.3 Å². The lowest BCUT2D eigenvalue weighted by molar-refractivity contribution is -0.119. The van der Waals surface area contributed by atoms with Gasteiger partial charge in [0, 0.05) is 6.54 Å². The molecular formula is C19H23FN2O3S. The molecule has 140 valence electrons. The molecule has 5 nitrogen and oxygen atoms in total. The maximum absolute atomic E-state index is 12.8. The van der Waals surface area contributed by atoms with Crippen LogP contribution < -0.4 is 10.0 Å². The molecule has 0 aliphatic carbocycles. The van der Waals surface area contributed by atoms with Gasteiger partial charge < -0.3 is 5.32 Å². The molecule has 1 amide bonds. The first-order valence-corrected chi connectivity index (χ1v) is 9.87. The first-order valence-electron chi connectivity index (χ1n) is 8.39. The van der Waals surface area contributed by atoms with E-state index in [1.807, 2.05) is 13.8 Å². The summed E-state index contributed by atoms with van der Waals surface area (Å²) in [6.07, 6.45) is 0.537. The molecule has 0 fully saturated rings. The van der Waals surface area contributed by atoms with Crippen molar-refractivity contribution < 1.29 is 17.6 Å². The summed E-state index contributed by atoms with van der Waals surface area (Å²) in [5.74, 6) is -0.422. The highest BCUT2D eigenvalue weighted by molar-refractivity contribution is 7.89. The predicted octanol–water partition coefficient (Wildman–Crippen LogP) is 2.59. The molecule has 26 heavy (non-hydrogen) atoms. The van der Waals surface area contributed by atoms with Crippen molar-refractivity contribution in [3.05, 3.63) is 65.5 Å². The Morgan fingerprint density at radius 2 is 1.65 bits per heavy atom. The second-order valence-electron chi connectivity index (χ2n) is 6.27. The Hall–Kier alpha value is -2.25. The van der Waals surface area contributed by atoms with Gasteiger partial charge in [-0.15, -0.1) is 0 Å². The fourth-order valence-electron chi connectivity index (χ4n) is 2.34. The molecule has 2 aromatic rings. The van der Waals surface area contributed by atoms with Gasteiger partial charge in [0.15, 0.2) is 0 Å². The van der Waals surface area contributed by atoms with E-state index in [0.29, 0.717) is 18.9 Å². The average Bonchev–Trinajstić information content (AvgIpc) is 2.62. The van der Waals surface area contributed by atoms with Crippen LogP contribution in [0.15, 0.2) is 53.4 Å². The summed E-state index contributed by atoms with van der Waals surface area (Å²) < 4.78 is 39.5. The lowest BCUT2D eigenvalue weighted by Crippen LogP contribution is -2.37. The van der Waals surface area contributed by atoms with Crippen LogP contribution in [0, 0.1) is 5.82 Å². The van der Waals surface area contributed by atoms with E-state index in [1.54, 1.807) is 24.3 Å². The van der Waals surface area contributed by atoms with E-state index in [4.69, 9.17) is 0 Å². The molecule has 7 heteroatoms. The van der Waals surface area contributed by atoms with Crippen molar-refractivity contribution in [1.29, 1.82) is 0 Å². The Bertz CT molecular complexity index is 832. The fourth-order valence-corrected chi connectivity index (χ4v) is 3.32. The number of hydrogen-bond donors (Lipinski definition) is 2. The summed E-state index contributed by atoms with van der Waals surface area (Å²) in [6.45, 7) is 4.06. The third kappa shape index (κ3) is 5.93. The number of carbonyl (C=O) groups excluding carboxylic acids is 1. The monoisotopic (exact) mass is 378 g/mol. The minimum atomic E-state index is -3.73. The maximum atomic E-state index is 12.8. The molecule has 0 unspecified atom stereocenters. The van der Waals surface area contributed by atoms with Crippen molar-refractivity contribution in [3.63, 3.8) is 0 Å². The van der Waals surface area contributed by atoms with Crippen LogP contribution in [0.4, 0.5) is 4.39 Å². The molecule has 0 spiro atoms. The zero-order valence-electron chi connectivity index (χ0n) is 14.8. The lowest BCUT2D eigenvalue weighted by Gasteiger charge is -2.10. The lowest BCUT2D eigenvalue weighted by atomic mass is 10.0. The summed E-state index contributed by atoms with van der Waals surface area (Å²) in [7, 11) is -3.73. The van der Waals surface area contributed by atoms with E-state index in [-0.39, 0.29) is 17.3 Å². The third-order valence-electron chi connectivity index (χ3n) is 3.93. The van der Waals surface area contributed by atoms with Gasteiger partial charge in [0.1, 0.15) is 5.82 Å². The summed E-state index contributed by atoms with van der Waals surface area (Å²) in [5, 5.41) is 2.63. The molecule has 0 bridgehead atoms. The molecular weight excluding hydrogens is 355 g/mol. The maximum Gasteiger partial charge on any atom is 0.241 e. The van der Waals surface area contributed by atoms with Gasteiger partial charge in [0.25, 0.3) is 0 Å². The largest absolute Gasteiger partial charge is 0.355 e. The van der Waals surface area contributed by atoms with E-state index in [1.165, 1.54) is 24.3 Å². The van der Waals surface area contributed by atoms with Crippen LogP contribution in [0.2, 0.25) is 0 Å². The highest BCUT2D eigenvalue weighted by atomic mass is 32.2. The van der Waals surface area contributed by atoms with Gasteiger partial charge in [-0.1, -0.05) is 38.1 Å². The van der Waals surface area contributed by atoms with Gasteiger partial charge in [-0.05, 0) is 47.7 Å². The van der Waals surface area contributed by atoms with E-state index in [2.05, 4.69) is 10.0 Å². The predicted molar refractivity (Wildman–Crippen MR) is 98.8 cm³/mol. The molecule has 0 saturated heterocycles. The zero-order chi connectivity index (χ0) is 19.2. The number of halogens is 1. The molecule has 0 radical (unpaired) electrons. The number of hydrogen-bond acceptors (Lipinski definition) is 3. The van der Waals surface area contributed by atoms with Crippen molar-refractivity contribution in [3.8, 4) is 0 Å². The third-order valence-corrected chi connectivity index (χ3v) is 5.35. The Morgan fingerprint density at radius 3 is 2.23 bits per heavy atom. The van der Waals surface area contributed by atoms with Gasteiger partial charge in [0.2, 0.25) is 15.9 Å². The number of amides is 1. The summed E-state index contributed by atoms with van der Waals surface area (Å²) in [5.41, 5.74) is 1.93. The molecule has 0 atom stereocenters. The van der Waals surface area contributed by atoms with Crippen LogP contribution in [-0.4, -0.2) is 27.4 Å². The molecule has 2 N–H and O–H groups in total. The Labute approximate surface area is 153 Å². The van der Waals surface area contributed by atoms with Crippen LogP contribution in [0.3, 0.4) is 0 Å². The van der Waals surface area contributed by atoms with Crippen LogP contribution in [0.25, 0.3) is 0 Å². The molecule has 0 aromatic heterocycles. The Balaban J connectivity index is 1.80. The summed E-state index contributed by atoms with van der Waals surface area (Å²) >= 11 is 0. The zero-order valence-corrected chi connectivity index (χ0v) is 15.6. The van der Waals surface area contributed by atoms with Crippen molar-refractivity contribution in [2.45, 2.75) is 31.1 Å². The quantitative estimate of drug-likeness (QED) is 0.741.